The molecule has 8 heteroatoms. The molecule has 0 saturated heterocycles. The van der Waals surface area contributed by atoms with Crippen LogP contribution in [0.15, 0.2) is 29.4 Å². The van der Waals surface area contributed by atoms with Crippen molar-refractivity contribution < 1.29 is 18.7 Å². The Hall–Kier alpha value is -2.48. The van der Waals surface area contributed by atoms with Gasteiger partial charge in [0, 0.05) is 17.1 Å². The molecule has 25 heavy (non-hydrogen) atoms. The van der Waals surface area contributed by atoms with Gasteiger partial charge in [-0.05, 0) is 44.5 Å². The number of benzene rings is 1. The number of nitrogens with one attached hydrogen (secondary N) is 1. The third kappa shape index (κ3) is 6.15. The summed E-state index contributed by atoms with van der Waals surface area (Å²) in [6.45, 7) is 4.87. The molecule has 1 aromatic heterocycles. The molecule has 132 valence electrons. The lowest BCUT2D eigenvalue weighted by atomic mass is 10.2. The molecule has 0 aliphatic heterocycles. The zero-order valence-corrected chi connectivity index (χ0v) is 14.9. The van der Waals surface area contributed by atoms with Gasteiger partial charge in [-0.3, -0.25) is 9.59 Å². The molecule has 0 saturated carbocycles. The van der Waals surface area contributed by atoms with Gasteiger partial charge in [0.2, 0.25) is 0 Å². The van der Waals surface area contributed by atoms with E-state index in [1.165, 1.54) is 6.07 Å². The lowest BCUT2D eigenvalue weighted by Crippen LogP contribution is -2.21. The number of ether oxygens (including phenoxy) is 1. The van der Waals surface area contributed by atoms with Gasteiger partial charge in [0.15, 0.2) is 11.8 Å². The first kappa shape index (κ1) is 18.9. The van der Waals surface area contributed by atoms with Crippen molar-refractivity contribution in [2.75, 3.05) is 17.7 Å². The second-order valence-electron chi connectivity index (χ2n) is 5.39. The van der Waals surface area contributed by atoms with Gasteiger partial charge in [-0.15, -0.1) is 0 Å². The van der Waals surface area contributed by atoms with Crippen LogP contribution >= 0.6 is 11.8 Å². The number of halogens is 1. The summed E-state index contributed by atoms with van der Waals surface area (Å²) in [6, 6.07) is 6.17. The van der Waals surface area contributed by atoms with Gasteiger partial charge >= 0.3 is 5.97 Å². The number of nitrogens with zero attached hydrogens (tertiary/aromatic N) is 2. The molecule has 1 amide bonds. The number of amides is 1. The predicted octanol–water partition coefficient (Wildman–Crippen LogP) is 2.81. The van der Waals surface area contributed by atoms with E-state index in [0.717, 1.165) is 23.1 Å². The maximum atomic E-state index is 13.4. The number of rotatable bonds is 6. The van der Waals surface area contributed by atoms with Crippen LogP contribution in [-0.2, 0) is 14.3 Å². The number of carbonyl (C=O) groups excluding carboxylic acids is 2. The SMILES string of the molecule is Cc1cc(C)nc(SCC(=O)OCC(=O)Nc2ccc(C)c(F)c2)n1. The van der Waals surface area contributed by atoms with E-state index in [0.29, 0.717) is 16.4 Å². The average molecular weight is 363 g/mol. The van der Waals surface area contributed by atoms with Crippen molar-refractivity contribution >= 4 is 29.3 Å². The molecule has 1 N–H and O–H groups in total. The third-order valence-corrected chi connectivity index (χ3v) is 3.92. The van der Waals surface area contributed by atoms with Gasteiger partial charge in [-0.25, -0.2) is 14.4 Å². The minimum absolute atomic E-state index is 0.00463. The maximum Gasteiger partial charge on any atom is 0.316 e. The zero-order chi connectivity index (χ0) is 18.4. The molecule has 0 bridgehead atoms. The predicted molar refractivity (Wildman–Crippen MR) is 93.0 cm³/mol. The number of hydrogen-bond donors (Lipinski definition) is 1. The van der Waals surface area contributed by atoms with Gasteiger partial charge in [0.1, 0.15) is 5.82 Å². The average Bonchev–Trinajstić information content (AvgIpc) is 2.53. The van der Waals surface area contributed by atoms with E-state index in [-0.39, 0.29) is 5.75 Å². The summed E-state index contributed by atoms with van der Waals surface area (Å²) < 4.78 is 18.3. The highest BCUT2D eigenvalue weighted by molar-refractivity contribution is 7.99. The number of hydrogen-bond acceptors (Lipinski definition) is 6. The number of aromatic nitrogens is 2. The summed E-state index contributed by atoms with van der Waals surface area (Å²) in [6.07, 6.45) is 0. The van der Waals surface area contributed by atoms with Gasteiger partial charge < -0.3 is 10.1 Å². The van der Waals surface area contributed by atoms with Crippen molar-refractivity contribution in [3.05, 3.63) is 47.0 Å². The summed E-state index contributed by atoms with van der Waals surface area (Å²) in [7, 11) is 0. The van der Waals surface area contributed by atoms with E-state index < -0.39 is 24.3 Å². The fourth-order valence-corrected chi connectivity index (χ4v) is 2.68. The second-order valence-corrected chi connectivity index (χ2v) is 6.34. The summed E-state index contributed by atoms with van der Waals surface area (Å²) in [5.74, 6) is -1.52. The first-order chi connectivity index (χ1) is 11.8. The summed E-state index contributed by atoms with van der Waals surface area (Å²) in [4.78, 5) is 31.8. The molecule has 1 aromatic carbocycles. The number of thioether (sulfide) groups is 1. The zero-order valence-electron chi connectivity index (χ0n) is 14.1. The Morgan fingerprint density at radius 3 is 2.48 bits per heavy atom. The first-order valence-electron chi connectivity index (χ1n) is 7.50. The molecule has 1 heterocycles. The monoisotopic (exact) mass is 363 g/mol. The quantitative estimate of drug-likeness (QED) is 0.483. The number of carbonyl (C=O) groups is 2. The highest BCUT2D eigenvalue weighted by Crippen LogP contribution is 2.15. The molecule has 0 unspecified atom stereocenters. The second kappa shape index (κ2) is 8.57. The van der Waals surface area contributed by atoms with Gasteiger partial charge in [0.05, 0.1) is 5.75 Å². The van der Waals surface area contributed by atoms with Crippen LogP contribution < -0.4 is 5.32 Å². The lowest BCUT2D eigenvalue weighted by Gasteiger charge is -2.07. The molecule has 2 rings (SSSR count). The van der Waals surface area contributed by atoms with E-state index in [1.54, 1.807) is 19.1 Å². The first-order valence-corrected chi connectivity index (χ1v) is 8.49. The number of esters is 1. The normalized spacial score (nSPS) is 10.4. The molecule has 0 aliphatic carbocycles. The van der Waals surface area contributed by atoms with Crippen LogP contribution in [0.1, 0.15) is 17.0 Å². The topological polar surface area (TPSA) is 81.2 Å². The minimum Gasteiger partial charge on any atom is -0.455 e. The molecule has 0 spiro atoms. The third-order valence-electron chi connectivity index (χ3n) is 3.10. The Balaban J connectivity index is 1.77. The summed E-state index contributed by atoms with van der Waals surface area (Å²) in [5, 5.41) is 2.95. The highest BCUT2D eigenvalue weighted by Gasteiger charge is 2.11. The Labute approximate surface area is 149 Å². The van der Waals surface area contributed by atoms with E-state index >= 15 is 0 Å². The van der Waals surface area contributed by atoms with Crippen molar-refractivity contribution in [2.24, 2.45) is 0 Å². The van der Waals surface area contributed by atoms with Crippen molar-refractivity contribution in [2.45, 2.75) is 25.9 Å². The molecule has 0 radical (unpaired) electrons. The van der Waals surface area contributed by atoms with Crippen LogP contribution in [0.4, 0.5) is 10.1 Å². The van der Waals surface area contributed by atoms with Crippen LogP contribution in [0.25, 0.3) is 0 Å². The fraction of sp³-hybridized carbons (Fsp3) is 0.294. The van der Waals surface area contributed by atoms with Crippen molar-refractivity contribution in [1.82, 2.24) is 9.97 Å². The van der Waals surface area contributed by atoms with E-state index in [2.05, 4.69) is 15.3 Å². The molecular formula is C17H18FN3O3S. The Morgan fingerprint density at radius 2 is 1.84 bits per heavy atom. The molecule has 6 nitrogen and oxygen atoms in total. The molecule has 0 aliphatic rings. The largest absolute Gasteiger partial charge is 0.455 e. The van der Waals surface area contributed by atoms with Crippen molar-refractivity contribution in [1.29, 1.82) is 0 Å². The fourth-order valence-electron chi connectivity index (χ4n) is 1.94. The van der Waals surface area contributed by atoms with E-state index in [1.807, 2.05) is 19.9 Å². The van der Waals surface area contributed by atoms with Crippen LogP contribution in [0.3, 0.4) is 0 Å². The Bertz CT molecular complexity index is 778. The lowest BCUT2D eigenvalue weighted by molar-refractivity contribution is -0.144. The van der Waals surface area contributed by atoms with E-state index in [9.17, 15) is 14.0 Å². The number of aryl methyl sites for hydroxylation is 3. The Kier molecular flexibility index (Phi) is 6.46. The van der Waals surface area contributed by atoms with Gasteiger partial charge in [0.25, 0.3) is 5.91 Å². The number of anilines is 1. The standard InChI is InChI=1S/C17H18FN3O3S/c1-10-4-5-13(7-14(10)18)21-15(22)8-24-16(23)9-25-17-19-11(2)6-12(3)20-17/h4-7H,8-9H2,1-3H3,(H,21,22). The maximum absolute atomic E-state index is 13.4. The molecular weight excluding hydrogens is 345 g/mol. The van der Waals surface area contributed by atoms with Gasteiger partial charge in [-0.1, -0.05) is 17.8 Å². The van der Waals surface area contributed by atoms with Crippen LogP contribution in [-0.4, -0.2) is 34.2 Å². The molecule has 0 atom stereocenters. The summed E-state index contributed by atoms with van der Waals surface area (Å²) >= 11 is 1.14. The minimum atomic E-state index is -0.557. The van der Waals surface area contributed by atoms with Crippen molar-refractivity contribution in [3.63, 3.8) is 0 Å². The highest BCUT2D eigenvalue weighted by atomic mass is 32.2. The molecule has 0 fully saturated rings. The molecule has 2 aromatic rings. The van der Waals surface area contributed by atoms with Crippen LogP contribution in [0.5, 0.6) is 0 Å². The van der Waals surface area contributed by atoms with Gasteiger partial charge in [-0.2, -0.15) is 0 Å². The Morgan fingerprint density at radius 1 is 1.16 bits per heavy atom. The smallest absolute Gasteiger partial charge is 0.316 e. The van der Waals surface area contributed by atoms with Crippen LogP contribution in [0, 0.1) is 26.6 Å². The van der Waals surface area contributed by atoms with Crippen molar-refractivity contribution in [3.8, 4) is 0 Å². The van der Waals surface area contributed by atoms with Crippen LogP contribution in [0.2, 0.25) is 0 Å². The van der Waals surface area contributed by atoms with E-state index in [4.69, 9.17) is 4.74 Å². The summed E-state index contributed by atoms with van der Waals surface area (Å²) in [5.41, 5.74) is 2.42.